The van der Waals surface area contributed by atoms with Crippen molar-refractivity contribution in [1.82, 2.24) is 29.5 Å². The molecule has 0 fully saturated rings. The highest BCUT2D eigenvalue weighted by Crippen LogP contribution is 2.33. The summed E-state index contributed by atoms with van der Waals surface area (Å²) in [5.41, 5.74) is 6.35. The van der Waals surface area contributed by atoms with Crippen molar-refractivity contribution in [3.8, 4) is 11.4 Å². The molecule has 36 heavy (non-hydrogen) atoms. The topological polar surface area (TPSA) is 83.8 Å². The van der Waals surface area contributed by atoms with Crippen molar-refractivity contribution >= 4 is 36.0 Å². The summed E-state index contributed by atoms with van der Waals surface area (Å²) in [6, 6.07) is 4.61. The van der Waals surface area contributed by atoms with Gasteiger partial charge in [-0.25, -0.2) is 13.8 Å². The van der Waals surface area contributed by atoms with Crippen molar-refractivity contribution in [2.24, 2.45) is 0 Å². The lowest BCUT2D eigenvalue weighted by molar-refractivity contribution is 0.599. The predicted octanol–water partition coefficient (Wildman–Crippen LogP) is 5.46. The Kier molecular flexibility index (Phi) is 6.15. The lowest BCUT2D eigenvalue weighted by Gasteiger charge is -2.24. The van der Waals surface area contributed by atoms with Gasteiger partial charge in [0.25, 0.3) is 0 Å². The van der Waals surface area contributed by atoms with E-state index in [-0.39, 0.29) is 31.3 Å². The fourth-order valence-electron chi connectivity index (χ4n) is 5.01. The Labute approximate surface area is 213 Å². The molecule has 10 heteroatoms. The number of benzene rings is 1. The van der Waals surface area contributed by atoms with E-state index in [0.717, 1.165) is 58.7 Å². The normalized spacial score (nSPS) is 15.3. The monoisotopic (exact) mass is 507 g/mol. The predicted molar refractivity (Wildman–Crippen MR) is 141 cm³/mol. The molecular formula is C26H27F2N7S. The van der Waals surface area contributed by atoms with E-state index in [1.165, 1.54) is 6.07 Å². The van der Waals surface area contributed by atoms with Gasteiger partial charge >= 0.3 is 0 Å². The molecule has 0 saturated carbocycles. The molecule has 0 aliphatic heterocycles. The molecule has 1 aliphatic carbocycles. The first-order valence-electron chi connectivity index (χ1n) is 11.8. The quantitative estimate of drug-likeness (QED) is 0.338. The molecule has 4 heterocycles. The molecule has 1 atom stereocenters. The van der Waals surface area contributed by atoms with E-state index in [0.29, 0.717) is 23.0 Å². The average Bonchev–Trinajstić information content (AvgIpc) is 3.41. The van der Waals surface area contributed by atoms with E-state index >= 15 is 0 Å². The van der Waals surface area contributed by atoms with Crippen LogP contribution in [0.2, 0.25) is 0 Å². The zero-order valence-corrected chi connectivity index (χ0v) is 21.2. The summed E-state index contributed by atoms with van der Waals surface area (Å²) in [6.07, 6.45) is 6.96. The van der Waals surface area contributed by atoms with Crippen LogP contribution in [0.4, 0.5) is 14.7 Å². The maximum Gasteiger partial charge on any atom is 0.228 e. The zero-order chi connectivity index (χ0) is 24.3. The average molecular weight is 508 g/mol. The Hall–Kier alpha value is -3.53. The van der Waals surface area contributed by atoms with Crippen LogP contribution in [0.25, 0.3) is 27.9 Å². The number of rotatable bonds is 4. The van der Waals surface area contributed by atoms with Gasteiger partial charge in [-0.3, -0.25) is 4.98 Å². The molecule has 5 aromatic rings. The molecule has 6 rings (SSSR count). The molecular weight excluding hydrogens is 480 g/mol. The van der Waals surface area contributed by atoms with E-state index < -0.39 is 5.82 Å². The molecule has 1 aliphatic rings. The summed E-state index contributed by atoms with van der Waals surface area (Å²) < 4.78 is 29.8. The number of aromatic nitrogens is 6. The van der Waals surface area contributed by atoms with Gasteiger partial charge in [0.15, 0.2) is 11.5 Å². The first-order valence-corrected chi connectivity index (χ1v) is 11.8. The van der Waals surface area contributed by atoms with Crippen LogP contribution in [0.5, 0.6) is 0 Å². The highest BCUT2D eigenvalue weighted by Gasteiger charge is 2.25. The number of hydrogen-bond acceptors (Lipinski definition) is 5. The number of hydrogen-bond donors (Lipinski definition) is 2. The second-order valence-corrected chi connectivity index (χ2v) is 9.56. The first-order chi connectivity index (χ1) is 16.9. The number of pyridine rings is 1. The number of nitrogens with one attached hydrogen (secondary N) is 2. The Morgan fingerprint density at radius 3 is 2.69 bits per heavy atom. The molecule has 2 N–H and O–H groups in total. The maximum atomic E-state index is 14.2. The van der Waals surface area contributed by atoms with Crippen molar-refractivity contribution in [1.29, 1.82) is 0 Å². The Morgan fingerprint density at radius 2 is 1.92 bits per heavy atom. The minimum absolute atomic E-state index is 0. The van der Waals surface area contributed by atoms with Gasteiger partial charge in [0.05, 0.1) is 12.4 Å². The number of aromatic amines is 1. The maximum absolute atomic E-state index is 14.2. The SMILES string of the molecule is Cc1cc(F)cc2c3c([nH]c12)CC[C@H](Nc1nc(-c2cncc(F)c2)nc2c(C(C)C)cnn12)C3.S. The summed E-state index contributed by atoms with van der Waals surface area (Å²) in [5.74, 6) is 0.457. The van der Waals surface area contributed by atoms with Gasteiger partial charge in [0, 0.05) is 40.0 Å². The standard InChI is InChI=1S/C26H25F2N7.H2S/c1-13(2)21-12-30-35-25(21)33-24(15-7-17(28)11-29-10-15)34-26(35)31-18-4-5-22-19(9-18)20-8-16(27)6-14(3)23(20)32-22;/h6-8,10-13,18,32H,4-5,9H2,1-3H3,(H,31,33,34);1H2/t18-;/m0./s1. The molecule has 0 radical (unpaired) electrons. The lowest BCUT2D eigenvalue weighted by Crippen LogP contribution is -2.29. The number of halogens is 2. The Bertz CT molecular complexity index is 1590. The van der Waals surface area contributed by atoms with Gasteiger partial charge in [0.2, 0.25) is 5.95 Å². The van der Waals surface area contributed by atoms with Gasteiger partial charge in [-0.15, -0.1) is 0 Å². The van der Waals surface area contributed by atoms with Crippen molar-refractivity contribution < 1.29 is 8.78 Å². The first kappa shape index (κ1) is 24.2. The number of aryl methyl sites for hydroxylation is 2. The smallest absolute Gasteiger partial charge is 0.228 e. The molecule has 0 bridgehead atoms. The van der Waals surface area contributed by atoms with Gasteiger partial charge < -0.3 is 10.3 Å². The molecule has 0 amide bonds. The van der Waals surface area contributed by atoms with Crippen LogP contribution < -0.4 is 5.32 Å². The Morgan fingerprint density at radius 1 is 1.08 bits per heavy atom. The third-order valence-corrected chi connectivity index (χ3v) is 6.77. The second-order valence-electron chi connectivity index (χ2n) is 9.56. The number of fused-ring (bicyclic) bond motifs is 4. The van der Waals surface area contributed by atoms with E-state index in [1.54, 1.807) is 29.0 Å². The van der Waals surface area contributed by atoms with Gasteiger partial charge in [-0.2, -0.15) is 28.1 Å². The molecule has 0 saturated heterocycles. The fraction of sp³-hybridized carbons (Fsp3) is 0.308. The van der Waals surface area contributed by atoms with Crippen LogP contribution in [0.15, 0.2) is 36.8 Å². The number of nitrogens with zero attached hydrogens (tertiary/aromatic N) is 5. The van der Waals surface area contributed by atoms with E-state index in [4.69, 9.17) is 9.97 Å². The second kappa shape index (κ2) is 9.16. The fourth-order valence-corrected chi connectivity index (χ4v) is 5.01. The number of anilines is 1. The summed E-state index contributed by atoms with van der Waals surface area (Å²) >= 11 is 0. The zero-order valence-electron chi connectivity index (χ0n) is 20.2. The molecule has 1 aromatic carbocycles. The molecule has 0 unspecified atom stereocenters. The summed E-state index contributed by atoms with van der Waals surface area (Å²) in [7, 11) is 0. The van der Waals surface area contributed by atoms with Crippen molar-refractivity contribution in [3.63, 3.8) is 0 Å². The summed E-state index contributed by atoms with van der Waals surface area (Å²) in [4.78, 5) is 16.9. The lowest BCUT2D eigenvalue weighted by atomic mass is 9.91. The van der Waals surface area contributed by atoms with Crippen LogP contribution in [0, 0.1) is 18.6 Å². The van der Waals surface area contributed by atoms with Crippen molar-refractivity contribution in [2.45, 2.75) is 52.0 Å². The minimum atomic E-state index is -0.445. The minimum Gasteiger partial charge on any atom is -0.358 e. The molecule has 7 nitrogen and oxygen atoms in total. The van der Waals surface area contributed by atoms with Gasteiger partial charge in [-0.1, -0.05) is 13.8 Å². The highest BCUT2D eigenvalue weighted by molar-refractivity contribution is 7.59. The van der Waals surface area contributed by atoms with Crippen LogP contribution >= 0.6 is 13.5 Å². The summed E-state index contributed by atoms with van der Waals surface area (Å²) in [6.45, 7) is 6.08. The van der Waals surface area contributed by atoms with Crippen molar-refractivity contribution in [3.05, 3.63) is 70.8 Å². The van der Waals surface area contributed by atoms with Crippen LogP contribution in [-0.4, -0.2) is 35.6 Å². The molecule has 0 spiro atoms. The highest BCUT2D eigenvalue weighted by atomic mass is 32.1. The van der Waals surface area contributed by atoms with E-state index in [2.05, 4.69) is 34.2 Å². The van der Waals surface area contributed by atoms with E-state index in [9.17, 15) is 8.78 Å². The van der Waals surface area contributed by atoms with Gasteiger partial charge in [-0.05, 0) is 61.4 Å². The third-order valence-electron chi connectivity index (χ3n) is 6.77. The third kappa shape index (κ3) is 4.09. The summed E-state index contributed by atoms with van der Waals surface area (Å²) in [5, 5.41) is 9.04. The van der Waals surface area contributed by atoms with E-state index in [1.807, 2.05) is 6.92 Å². The van der Waals surface area contributed by atoms with Crippen LogP contribution in [0.1, 0.15) is 48.6 Å². The van der Waals surface area contributed by atoms with Gasteiger partial charge in [0.1, 0.15) is 11.6 Å². The van der Waals surface area contributed by atoms with Crippen molar-refractivity contribution in [2.75, 3.05) is 5.32 Å². The largest absolute Gasteiger partial charge is 0.358 e. The Balaban J connectivity index is 0.00000267. The van der Waals surface area contributed by atoms with Crippen LogP contribution in [0.3, 0.4) is 0 Å². The molecule has 186 valence electrons. The number of H-pyrrole nitrogens is 1. The van der Waals surface area contributed by atoms with Crippen LogP contribution in [-0.2, 0) is 12.8 Å². The molecule has 4 aromatic heterocycles.